The first kappa shape index (κ1) is 17.4. The zero-order chi connectivity index (χ0) is 15.9. The van der Waals surface area contributed by atoms with Gasteiger partial charge >= 0.3 is 0 Å². The molecule has 0 aliphatic rings. The fourth-order valence-electron chi connectivity index (χ4n) is 2.07. The fourth-order valence-corrected chi connectivity index (χ4v) is 2.07. The van der Waals surface area contributed by atoms with E-state index in [1.807, 2.05) is 6.92 Å². The molecule has 21 heavy (non-hydrogen) atoms. The Balaban J connectivity index is 2.35. The molecule has 4 nitrogen and oxygen atoms in total. The molecule has 0 aromatic heterocycles. The lowest BCUT2D eigenvalue weighted by molar-refractivity contribution is -0.124. The first-order chi connectivity index (χ1) is 9.87. The first-order valence-electron chi connectivity index (χ1n) is 7.01. The number of primary amides is 1. The maximum atomic E-state index is 13.0. The third-order valence-corrected chi connectivity index (χ3v) is 3.29. The Bertz CT molecular complexity index is 462. The van der Waals surface area contributed by atoms with Gasteiger partial charge in [-0.1, -0.05) is 6.92 Å². The van der Waals surface area contributed by atoms with E-state index >= 15 is 0 Å². The summed E-state index contributed by atoms with van der Waals surface area (Å²) in [7, 11) is 0. The van der Waals surface area contributed by atoms with Gasteiger partial charge in [-0.3, -0.25) is 4.79 Å². The van der Waals surface area contributed by atoms with Gasteiger partial charge in [0.25, 0.3) is 0 Å². The molecule has 0 radical (unpaired) electrons. The van der Waals surface area contributed by atoms with Gasteiger partial charge < -0.3 is 15.8 Å². The van der Waals surface area contributed by atoms with E-state index < -0.39 is 23.1 Å². The van der Waals surface area contributed by atoms with Gasteiger partial charge in [-0.05, 0) is 32.7 Å². The van der Waals surface area contributed by atoms with E-state index in [0.717, 1.165) is 18.2 Å². The second-order valence-electron chi connectivity index (χ2n) is 5.14. The first-order valence-corrected chi connectivity index (χ1v) is 7.01. The molecule has 0 heterocycles. The SMILES string of the molecule is CCNC(C)(CCCCOc1cc(F)cc(F)c1)C(N)=O. The number of nitrogens with one attached hydrogen (secondary N) is 1. The van der Waals surface area contributed by atoms with E-state index in [9.17, 15) is 13.6 Å². The molecule has 0 aliphatic heterocycles. The van der Waals surface area contributed by atoms with Crippen molar-refractivity contribution in [3.05, 3.63) is 29.8 Å². The lowest BCUT2D eigenvalue weighted by Gasteiger charge is -2.26. The summed E-state index contributed by atoms with van der Waals surface area (Å²) in [4.78, 5) is 11.4. The Kier molecular flexibility index (Phi) is 6.55. The highest BCUT2D eigenvalue weighted by molar-refractivity contribution is 5.84. The summed E-state index contributed by atoms with van der Waals surface area (Å²) in [5, 5.41) is 3.07. The largest absolute Gasteiger partial charge is 0.493 e. The number of rotatable bonds is 9. The summed E-state index contributed by atoms with van der Waals surface area (Å²) >= 11 is 0. The zero-order valence-corrected chi connectivity index (χ0v) is 12.4. The van der Waals surface area contributed by atoms with Crippen LogP contribution >= 0.6 is 0 Å². The molecule has 0 spiro atoms. The summed E-state index contributed by atoms with van der Waals surface area (Å²) in [5.41, 5.74) is 4.64. The Morgan fingerprint density at radius 2 is 1.90 bits per heavy atom. The minimum absolute atomic E-state index is 0.164. The molecule has 1 atom stereocenters. The van der Waals surface area contributed by atoms with E-state index in [1.54, 1.807) is 6.92 Å². The molecular formula is C15H22F2N2O2. The lowest BCUT2D eigenvalue weighted by atomic mass is 9.94. The minimum atomic E-state index is -0.736. The molecule has 0 saturated heterocycles. The Morgan fingerprint density at radius 1 is 1.29 bits per heavy atom. The van der Waals surface area contributed by atoms with Gasteiger partial charge in [0, 0.05) is 18.2 Å². The van der Waals surface area contributed by atoms with Gasteiger partial charge in [-0.2, -0.15) is 0 Å². The average molecular weight is 300 g/mol. The molecule has 1 aromatic rings. The molecule has 1 unspecified atom stereocenters. The smallest absolute Gasteiger partial charge is 0.237 e. The maximum absolute atomic E-state index is 13.0. The highest BCUT2D eigenvalue weighted by atomic mass is 19.1. The number of hydrogen-bond acceptors (Lipinski definition) is 3. The van der Waals surface area contributed by atoms with E-state index in [-0.39, 0.29) is 5.75 Å². The molecule has 1 aromatic carbocycles. The highest BCUT2D eigenvalue weighted by Crippen LogP contribution is 2.17. The second-order valence-corrected chi connectivity index (χ2v) is 5.14. The molecular weight excluding hydrogens is 278 g/mol. The van der Waals surface area contributed by atoms with Crippen LogP contribution in [-0.4, -0.2) is 24.6 Å². The number of amides is 1. The van der Waals surface area contributed by atoms with Crippen LogP contribution in [-0.2, 0) is 4.79 Å². The van der Waals surface area contributed by atoms with E-state index in [4.69, 9.17) is 10.5 Å². The van der Waals surface area contributed by atoms with Crippen molar-refractivity contribution in [1.29, 1.82) is 0 Å². The number of nitrogens with two attached hydrogens (primary N) is 1. The van der Waals surface area contributed by atoms with Crippen LogP contribution in [0.3, 0.4) is 0 Å². The van der Waals surface area contributed by atoms with Crippen LogP contribution in [0.15, 0.2) is 18.2 Å². The highest BCUT2D eigenvalue weighted by Gasteiger charge is 2.28. The summed E-state index contributed by atoms with van der Waals surface area (Å²) in [5.74, 6) is -1.56. The van der Waals surface area contributed by atoms with Crippen LogP contribution in [0, 0.1) is 11.6 Å². The monoisotopic (exact) mass is 300 g/mol. The summed E-state index contributed by atoms with van der Waals surface area (Å²) in [6.07, 6.45) is 1.95. The summed E-state index contributed by atoms with van der Waals surface area (Å²) < 4.78 is 31.2. The number of benzene rings is 1. The number of ether oxygens (including phenoxy) is 1. The van der Waals surface area contributed by atoms with Crippen molar-refractivity contribution < 1.29 is 18.3 Å². The van der Waals surface area contributed by atoms with Gasteiger partial charge in [-0.15, -0.1) is 0 Å². The van der Waals surface area contributed by atoms with Gasteiger partial charge in [0.1, 0.15) is 17.4 Å². The lowest BCUT2D eigenvalue weighted by Crippen LogP contribution is -2.53. The van der Waals surface area contributed by atoms with Crippen molar-refractivity contribution in [3.63, 3.8) is 0 Å². The Morgan fingerprint density at radius 3 is 2.43 bits per heavy atom. The Hall–Kier alpha value is -1.69. The number of halogens is 2. The predicted molar refractivity (Wildman–Crippen MR) is 77.0 cm³/mol. The molecule has 6 heteroatoms. The van der Waals surface area contributed by atoms with Crippen molar-refractivity contribution in [3.8, 4) is 5.75 Å². The van der Waals surface area contributed by atoms with Gasteiger partial charge in [0.15, 0.2) is 0 Å². The van der Waals surface area contributed by atoms with Crippen molar-refractivity contribution in [1.82, 2.24) is 5.32 Å². The third kappa shape index (κ3) is 5.67. The fraction of sp³-hybridized carbons (Fsp3) is 0.533. The third-order valence-electron chi connectivity index (χ3n) is 3.29. The minimum Gasteiger partial charge on any atom is -0.493 e. The summed E-state index contributed by atoms with van der Waals surface area (Å²) in [6.45, 7) is 4.65. The summed E-state index contributed by atoms with van der Waals surface area (Å²) in [6, 6.07) is 3.06. The molecule has 1 rings (SSSR count). The second kappa shape index (κ2) is 7.93. The van der Waals surface area contributed by atoms with Crippen LogP contribution in [0.4, 0.5) is 8.78 Å². The number of hydrogen-bond donors (Lipinski definition) is 2. The van der Waals surface area contributed by atoms with Crippen LogP contribution in [0.5, 0.6) is 5.75 Å². The van der Waals surface area contributed by atoms with Crippen LogP contribution in [0.25, 0.3) is 0 Å². The van der Waals surface area contributed by atoms with Crippen molar-refractivity contribution in [2.75, 3.05) is 13.2 Å². The standard InChI is InChI=1S/C15H22F2N2O2/c1-3-19-15(2,14(18)20)6-4-5-7-21-13-9-11(16)8-12(17)10-13/h8-10,19H,3-7H2,1-2H3,(H2,18,20). The molecule has 0 bridgehead atoms. The van der Waals surface area contributed by atoms with Crippen LogP contribution < -0.4 is 15.8 Å². The van der Waals surface area contributed by atoms with Gasteiger partial charge in [0.2, 0.25) is 5.91 Å². The average Bonchev–Trinajstić information content (AvgIpc) is 2.37. The van der Waals surface area contributed by atoms with E-state index in [2.05, 4.69) is 5.32 Å². The Labute approximate surface area is 123 Å². The molecule has 0 fully saturated rings. The number of unbranched alkanes of at least 4 members (excludes halogenated alkanes) is 1. The van der Waals surface area contributed by atoms with Crippen LogP contribution in [0.1, 0.15) is 33.1 Å². The van der Waals surface area contributed by atoms with E-state index in [1.165, 1.54) is 0 Å². The molecule has 0 saturated carbocycles. The normalized spacial score (nSPS) is 13.7. The molecule has 118 valence electrons. The van der Waals surface area contributed by atoms with E-state index in [0.29, 0.717) is 32.4 Å². The zero-order valence-electron chi connectivity index (χ0n) is 12.4. The van der Waals surface area contributed by atoms with Crippen molar-refractivity contribution in [2.45, 2.75) is 38.6 Å². The molecule has 0 aliphatic carbocycles. The van der Waals surface area contributed by atoms with Crippen LogP contribution in [0.2, 0.25) is 0 Å². The van der Waals surface area contributed by atoms with Gasteiger partial charge in [-0.25, -0.2) is 8.78 Å². The molecule has 3 N–H and O–H groups in total. The number of likely N-dealkylation sites (N-methyl/N-ethyl adjacent to an activating group) is 1. The number of carbonyl (C=O) groups excluding carboxylic acids is 1. The number of carbonyl (C=O) groups is 1. The van der Waals surface area contributed by atoms with Crippen molar-refractivity contribution in [2.24, 2.45) is 5.73 Å². The van der Waals surface area contributed by atoms with Gasteiger partial charge in [0.05, 0.1) is 12.1 Å². The maximum Gasteiger partial charge on any atom is 0.237 e. The predicted octanol–water partition coefficient (Wildman–Crippen LogP) is 2.37. The molecule has 1 amide bonds. The topological polar surface area (TPSA) is 64.3 Å². The van der Waals surface area contributed by atoms with Crippen molar-refractivity contribution >= 4 is 5.91 Å². The quantitative estimate of drug-likeness (QED) is 0.688.